The summed E-state index contributed by atoms with van der Waals surface area (Å²) >= 11 is 0. The van der Waals surface area contributed by atoms with Gasteiger partial charge >= 0.3 is 0 Å². The molecule has 0 aromatic rings. The number of ether oxygens (including phenoxy) is 25. The van der Waals surface area contributed by atoms with Crippen LogP contribution in [0.3, 0.4) is 0 Å². The Labute approximate surface area is 744 Å². The molecule has 0 radical (unpaired) electrons. The average molecular weight is 1800 g/mol. The van der Waals surface area contributed by atoms with Gasteiger partial charge in [-0.25, -0.2) is 0 Å². The van der Waals surface area contributed by atoms with E-state index in [2.05, 4.69) is 34.6 Å². The van der Waals surface area contributed by atoms with Crippen LogP contribution in [0, 0.1) is 0 Å². The van der Waals surface area contributed by atoms with Crippen LogP contribution < -0.4 is 0 Å². The summed E-state index contributed by atoms with van der Waals surface area (Å²) in [7, 11) is 0. The summed E-state index contributed by atoms with van der Waals surface area (Å²) in [6.45, 7) is 51.2. The SMILES string of the molecule is CCCCOC(COCC)COCC(COCC(C)O)OCC.CCCCOC(COCC)COCC(COCC)OCC(C)O.CCCCOC(COCCCO)COCC(COCC(C)O)OCC.CCCCOC(COCCCO)COCC(COCC(C)O)OCC(C)O.CCCCOC(COCCCO)COCC(COCC)OCC(C)O. The monoisotopic (exact) mass is 1800 g/mol. The smallest absolute Gasteiger partial charge is 0.104 e. The molecule has 748 valence electrons. The highest BCUT2D eigenvalue weighted by Gasteiger charge is 2.22. The second-order valence-corrected chi connectivity index (χ2v) is 29.7. The van der Waals surface area contributed by atoms with Gasteiger partial charge in [0.25, 0.3) is 0 Å². The highest BCUT2D eigenvalue weighted by atomic mass is 16.6. The molecule has 0 aliphatic carbocycles. The van der Waals surface area contributed by atoms with Gasteiger partial charge in [-0.3, -0.25) is 0 Å². The quantitative estimate of drug-likeness (QED) is 0.0265. The van der Waals surface area contributed by atoms with E-state index in [9.17, 15) is 30.6 Å². The molecular formula is C89H188O34. The second-order valence-electron chi connectivity index (χ2n) is 29.7. The Morgan fingerprint density at radius 1 is 0.154 bits per heavy atom. The first-order valence-electron chi connectivity index (χ1n) is 46.3. The Bertz CT molecular complexity index is 1900. The van der Waals surface area contributed by atoms with Gasteiger partial charge in [0.1, 0.15) is 61.0 Å². The van der Waals surface area contributed by atoms with E-state index in [1.54, 1.807) is 41.5 Å². The van der Waals surface area contributed by atoms with E-state index in [0.29, 0.717) is 224 Å². The minimum Gasteiger partial charge on any atom is -0.396 e. The van der Waals surface area contributed by atoms with Crippen LogP contribution in [0.4, 0.5) is 0 Å². The minimum atomic E-state index is -0.575. The summed E-state index contributed by atoms with van der Waals surface area (Å²) in [5.74, 6) is 0. The van der Waals surface area contributed by atoms with Crippen LogP contribution in [-0.2, 0) is 118 Å². The summed E-state index contributed by atoms with van der Waals surface area (Å²) in [6.07, 6.45) is 7.55. The Hall–Kier alpha value is -1.36. The summed E-state index contributed by atoms with van der Waals surface area (Å²) in [6, 6.07) is 0. The zero-order valence-corrected chi connectivity index (χ0v) is 80.1. The van der Waals surface area contributed by atoms with Crippen LogP contribution in [-0.4, -0.2) is 428 Å². The predicted molar refractivity (Wildman–Crippen MR) is 473 cm³/mol. The number of rotatable bonds is 92. The van der Waals surface area contributed by atoms with E-state index >= 15 is 0 Å². The largest absolute Gasteiger partial charge is 0.396 e. The highest BCUT2D eigenvalue weighted by Crippen LogP contribution is 2.10. The molecular weight excluding hydrogens is 1610 g/mol. The van der Waals surface area contributed by atoms with Crippen molar-refractivity contribution in [3.05, 3.63) is 0 Å². The molecule has 9 N–H and O–H groups in total. The second kappa shape index (κ2) is 106. The fourth-order valence-corrected chi connectivity index (χ4v) is 9.62. The first-order valence-corrected chi connectivity index (χ1v) is 46.3. The minimum absolute atomic E-state index is 0.0536. The summed E-state index contributed by atoms with van der Waals surface area (Å²) < 4.78 is 140. The molecule has 0 heterocycles. The third-order valence-electron chi connectivity index (χ3n) is 16.1. The van der Waals surface area contributed by atoms with Crippen molar-refractivity contribution in [1.29, 1.82) is 0 Å². The van der Waals surface area contributed by atoms with Crippen molar-refractivity contribution in [2.45, 2.75) is 299 Å². The molecule has 0 saturated heterocycles. The van der Waals surface area contributed by atoms with Crippen LogP contribution >= 0.6 is 0 Å². The molecule has 0 saturated carbocycles. The molecule has 0 aromatic carbocycles. The number of hydrogen-bond acceptors (Lipinski definition) is 34. The average Bonchev–Trinajstić information content (AvgIpc) is 0.982. The Morgan fingerprint density at radius 3 is 0.463 bits per heavy atom. The first-order chi connectivity index (χ1) is 59.5. The highest BCUT2D eigenvalue weighted by molar-refractivity contribution is 4.67. The molecule has 16 unspecified atom stereocenters. The van der Waals surface area contributed by atoms with Crippen LogP contribution in [0.15, 0.2) is 0 Å². The van der Waals surface area contributed by atoms with E-state index in [0.717, 1.165) is 77.4 Å². The van der Waals surface area contributed by atoms with Gasteiger partial charge in [-0.1, -0.05) is 66.7 Å². The normalized spacial score (nSPS) is 15.6. The molecule has 0 amide bonds. The summed E-state index contributed by atoms with van der Waals surface area (Å²) in [5.41, 5.74) is 0. The van der Waals surface area contributed by atoms with Gasteiger partial charge in [-0.2, -0.15) is 0 Å². The first kappa shape index (κ1) is 130. The van der Waals surface area contributed by atoms with E-state index in [4.69, 9.17) is 134 Å². The molecule has 0 aromatic heterocycles. The molecule has 34 heteroatoms. The van der Waals surface area contributed by atoms with Crippen molar-refractivity contribution < 1.29 is 164 Å². The van der Waals surface area contributed by atoms with Gasteiger partial charge in [0.15, 0.2) is 0 Å². The number of aliphatic hydroxyl groups excluding tert-OH is 9. The Kier molecular flexibility index (Phi) is 112. The van der Waals surface area contributed by atoms with Gasteiger partial charge in [0.2, 0.25) is 0 Å². The van der Waals surface area contributed by atoms with E-state index in [1.165, 1.54) is 0 Å². The van der Waals surface area contributed by atoms with Gasteiger partial charge in [0.05, 0.1) is 208 Å². The third kappa shape index (κ3) is 106. The lowest BCUT2D eigenvalue weighted by Crippen LogP contribution is -2.33. The fraction of sp³-hybridized carbons (Fsp3) is 1.00. The molecule has 0 fully saturated rings. The van der Waals surface area contributed by atoms with E-state index in [-0.39, 0.29) is 127 Å². The molecule has 0 aliphatic rings. The Morgan fingerprint density at radius 2 is 0.309 bits per heavy atom. The predicted octanol–water partition coefficient (Wildman–Crippen LogP) is 7.58. The van der Waals surface area contributed by atoms with E-state index in [1.807, 2.05) is 41.5 Å². The van der Waals surface area contributed by atoms with Crippen LogP contribution in [0.2, 0.25) is 0 Å². The maximum absolute atomic E-state index is 9.39. The molecule has 0 spiro atoms. The van der Waals surface area contributed by atoms with Crippen LogP contribution in [0.25, 0.3) is 0 Å². The van der Waals surface area contributed by atoms with Crippen molar-refractivity contribution in [2.75, 3.05) is 284 Å². The van der Waals surface area contributed by atoms with Crippen LogP contribution in [0.1, 0.15) is 201 Å². The number of aliphatic hydroxyl groups is 9. The number of hydrogen-bond donors (Lipinski definition) is 9. The lowest BCUT2D eigenvalue weighted by molar-refractivity contribution is -0.108. The van der Waals surface area contributed by atoms with Gasteiger partial charge < -0.3 is 164 Å². The fourth-order valence-electron chi connectivity index (χ4n) is 9.62. The zero-order valence-electron chi connectivity index (χ0n) is 80.1. The van der Waals surface area contributed by atoms with E-state index < -0.39 is 36.6 Å². The molecule has 0 aliphatic heterocycles. The maximum Gasteiger partial charge on any atom is 0.104 e. The standard InChI is InChI=1S/C19H40O8.2C18H38O7.2C17H36O6/c1-4-5-9-26-18(12-23-8-6-7-20)13-25-15-19(27-11-17(3)22)14-24-10-16(2)21;1-4-6-10-25-18(12-21-9-7-8-19)15-23-14-17(24-5-2)13-22-11-16(3)20;1-4-6-10-24-17(13-22-9-7-8-19)14-23-15-18(12-21-5-2)25-11-16(3)20;1-5-8-9-23-17(11-19-6-2)14-21-13-16(22-7-3)12-20-10-15(4)18;1-5-8-9-22-16(11-19-6-2)13-21-14-17(12-20-7-3)23-10-15(4)18/h16-22H,4-15H2,1-3H3;2*16-20H,4-15H2,1-3H3;2*15-18H,5-14H2,1-4H3. The molecule has 123 heavy (non-hydrogen) atoms. The molecule has 34 nitrogen and oxygen atoms in total. The molecule has 0 bridgehead atoms. The Balaban J connectivity index is -0.000000472. The number of unbranched alkanes of at least 4 members (excludes halogenated alkanes) is 5. The summed E-state index contributed by atoms with van der Waals surface area (Å²) in [5, 5.41) is 82.1. The zero-order chi connectivity index (χ0) is 92.5. The van der Waals surface area contributed by atoms with Crippen molar-refractivity contribution in [3.63, 3.8) is 0 Å². The van der Waals surface area contributed by atoms with Gasteiger partial charge in [-0.15, -0.1) is 0 Å². The topological polar surface area (TPSA) is 413 Å². The lowest BCUT2D eigenvalue weighted by atomic mass is 10.3. The van der Waals surface area contributed by atoms with Gasteiger partial charge in [0, 0.05) is 112 Å². The van der Waals surface area contributed by atoms with Crippen molar-refractivity contribution in [2.24, 2.45) is 0 Å². The lowest BCUT2D eigenvalue weighted by Gasteiger charge is -2.22. The van der Waals surface area contributed by atoms with Gasteiger partial charge in [-0.05, 0) is 134 Å². The summed E-state index contributed by atoms with van der Waals surface area (Å²) in [4.78, 5) is 0. The molecule has 16 atom stereocenters. The van der Waals surface area contributed by atoms with Crippen molar-refractivity contribution in [1.82, 2.24) is 0 Å². The maximum atomic E-state index is 9.39. The van der Waals surface area contributed by atoms with Crippen LogP contribution in [0.5, 0.6) is 0 Å². The third-order valence-corrected chi connectivity index (χ3v) is 16.1. The molecule has 0 rings (SSSR count). The van der Waals surface area contributed by atoms with Crippen molar-refractivity contribution in [3.8, 4) is 0 Å². The van der Waals surface area contributed by atoms with Crippen molar-refractivity contribution >= 4 is 0 Å².